The number of aliphatic imine (C=N–C) groups is 1. The summed E-state index contributed by atoms with van der Waals surface area (Å²) >= 11 is 12.6. The number of carbonyl (C=O) groups excluding carboxylic acids is 1. The maximum atomic E-state index is 12.2. The highest BCUT2D eigenvalue weighted by atomic mass is 35.5. The lowest BCUT2D eigenvalue weighted by molar-refractivity contribution is -0.114. The molecule has 2 aliphatic heterocycles. The van der Waals surface area contributed by atoms with Crippen LogP contribution in [0.5, 0.6) is 0 Å². The Morgan fingerprint density at radius 2 is 1.83 bits per heavy atom. The monoisotopic (exact) mass is 342 g/mol. The Morgan fingerprint density at radius 3 is 2.65 bits per heavy atom. The van der Waals surface area contributed by atoms with Crippen LogP contribution in [0.15, 0.2) is 53.0 Å². The van der Waals surface area contributed by atoms with Gasteiger partial charge >= 0.3 is 0 Å². The molecule has 0 atom stereocenters. The Hall–Kier alpha value is -2.10. The number of carbonyl (C=O) groups is 1. The van der Waals surface area contributed by atoms with E-state index in [1.54, 1.807) is 6.07 Å². The molecule has 0 unspecified atom stereocenters. The first-order chi connectivity index (χ1) is 11.1. The fraction of sp³-hybridized carbons (Fsp3) is 0.111. The van der Waals surface area contributed by atoms with Crippen molar-refractivity contribution in [3.8, 4) is 0 Å². The number of nitrogens with one attached hydrogen (secondary N) is 1. The van der Waals surface area contributed by atoms with Crippen LogP contribution in [0, 0.1) is 0 Å². The molecule has 23 heavy (non-hydrogen) atoms. The molecule has 1 N–H and O–H groups in total. The zero-order chi connectivity index (χ0) is 16.0. The standard InChI is InChI=1S/C18H12Cl2N2O/c19-11-5-6-12-14(7-11)17(13-3-1-2-4-15(13)20)21-8-10-9-22-18(23)16(10)12/h1-7H,8-9H2,(H,22,23). The van der Waals surface area contributed by atoms with Crippen LogP contribution in [0.3, 0.4) is 0 Å². The van der Waals surface area contributed by atoms with Crippen LogP contribution in [-0.4, -0.2) is 24.7 Å². The van der Waals surface area contributed by atoms with Gasteiger partial charge in [-0.2, -0.15) is 0 Å². The molecule has 0 aromatic heterocycles. The third-order valence-electron chi connectivity index (χ3n) is 4.11. The normalized spacial score (nSPS) is 16.4. The fourth-order valence-corrected chi connectivity index (χ4v) is 3.44. The molecule has 114 valence electrons. The van der Waals surface area contributed by atoms with E-state index in [9.17, 15) is 4.79 Å². The minimum absolute atomic E-state index is 0.0563. The molecule has 0 spiro atoms. The topological polar surface area (TPSA) is 41.5 Å². The predicted molar refractivity (Wildman–Crippen MR) is 93.3 cm³/mol. The van der Waals surface area contributed by atoms with E-state index < -0.39 is 0 Å². The zero-order valence-electron chi connectivity index (χ0n) is 12.1. The van der Waals surface area contributed by atoms with E-state index in [1.807, 2.05) is 36.4 Å². The van der Waals surface area contributed by atoms with E-state index >= 15 is 0 Å². The Labute approximate surface area is 143 Å². The second kappa shape index (κ2) is 5.52. The summed E-state index contributed by atoms with van der Waals surface area (Å²) in [5, 5.41) is 4.10. The third-order valence-corrected chi connectivity index (χ3v) is 4.67. The summed E-state index contributed by atoms with van der Waals surface area (Å²) in [5.41, 5.74) is 5.03. The van der Waals surface area contributed by atoms with Gasteiger partial charge < -0.3 is 5.32 Å². The molecule has 2 aromatic carbocycles. The van der Waals surface area contributed by atoms with Gasteiger partial charge in [-0.05, 0) is 29.3 Å². The van der Waals surface area contributed by atoms with Crippen molar-refractivity contribution in [2.24, 2.45) is 4.99 Å². The molecule has 0 bridgehead atoms. The molecule has 0 saturated heterocycles. The molecule has 1 amide bonds. The summed E-state index contributed by atoms with van der Waals surface area (Å²) in [4.78, 5) is 17.0. The van der Waals surface area contributed by atoms with E-state index in [0.29, 0.717) is 28.7 Å². The van der Waals surface area contributed by atoms with Crippen LogP contribution in [0.1, 0.15) is 16.7 Å². The Kier molecular flexibility index (Phi) is 3.47. The number of fused-ring (bicyclic) bond motifs is 2. The fourth-order valence-electron chi connectivity index (χ4n) is 3.05. The molecule has 4 rings (SSSR count). The Morgan fingerprint density at radius 1 is 1.00 bits per heavy atom. The lowest BCUT2D eigenvalue weighted by Gasteiger charge is -2.13. The van der Waals surface area contributed by atoms with Gasteiger partial charge in [-0.25, -0.2) is 0 Å². The van der Waals surface area contributed by atoms with E-state index in [2.05, 4.69) is 5.32 Å². The van der Waals surface area contributed by atoms with Crippen molar-refractivity contribution in [2.45, 2.75) is 0 Å². The molecule has 0 saturated carbocycles. The Balaban J connectivity index is 1.98. The molecule has 2 heterocycles. The quantitative estimate of drug-likeness (QED) is 0.842. The number of halogens is 2. The third kappa shape index (κ3) is 2.37. The lowest BCUT2D eigenvalue weighted by Crippen LogP contribution is -2.19. The van der Waals surface area contributed by atoms with Crippen molar-refractivity contribution in [1.29, 1.82) is 0 Å². The minimum atomic E-state index is -0.0563. The van der Waals surface area contributed by atoms with Crippen molar-refractivity contribution in [1.82, 2.24) is 5.32 Å². The van der Waals surface area contributed by atoms with Gasteiger partial charge in [0.25, 0.3) is 5.91 Å². The van der Waals surface area contributed by atoms with Crippen LogP contribution in [0.2, 0.25) is 10.0 Å². The maximum absolute atomic E-state index is 12.2. The van der Waals surface area contributed by atoms with Crippen LogP contribution >= 0.6 is 23.2 Å². The minimum Gasteiger partial charge on any atom is -0.348 e. The molecule has 2 aliphatic rings. The highest BCUT2D eigenvalue weighted by molar-refractivity contribution is 6.37. The zero-order valence-corrected chi connectivity index (χ0v) is 13.6. The van der Waals surface area contributed by atoms with Gasteiger partial charge in [0.1, 0.15) is 0 Å². The summed E-state index contributed by atoms with van der Waals surface area (Å²) in [6.45, 7) is 1.01. The van der Waals surface area contributed by atoms with Crippen LogP contribution in [0.4, 0.5) is 0 Å². The van der Waals surface area contributed by atoms with Crippen molar-refractivity contribution < 1.29 is 4.79 Å². The average molecular weight is 343 g/mol. The molecule has 2 aromatic rings. The molecule has 0 radical (unpaired) electrons. The highest BCUT2D eigenvalue weighted by Crippen LogP contribution is 2.33. The average Bonchev–Trinajstić information content (AvgIpc) is 2.82. The smallest absolute Gasteiger partial charge is 0.252 e. The molecule has 5 heteroatoms. The maximum Gasteiger partial charge on any atom is 0.252 e. The van der Waals surface area contributed by atoms with Gasteiger partial charge in [-0.3, -0.25) is 9.79 Å². The van der Waals surface area contributed by atoms with E-state index in [0.717, 1.165) is 28.0 Å². The van der Waals surface area contributed by atoms with Crippen LogP contribution < -0.4 is 5.32 Å². The number of nitrogens with zero attached hydrogens (tertiary/aromatic N) is 1. The predicted octanol–water partition coefficient (Wildman–Crippen LogP) is 3.73. The SMILES string of the molecule is O=C1NCC2=C1c1ccc(Cl)cc1C(c1ccccc1Cl)=NC2. The Bertz CT molecular complexity index is 900. The van der Waals surface area contributed by atoms with Gasteiger partial charge in [0.05, 0.1) is 17.8 Å². The van der Waals surface area contributed by atoms with Crippen LogP contribution in [-0.2, 0) is 4.79 Å². The molecule has 0 aliphatic carbocycles. The van der Waals surface area contributed by atoms with E-state index in [-0.39, 0.29) is 5.91 Å². The summed E-state index contributed by atoms with van der Waals surface area (Å²) in [5.74, 6) is -0.0563. The van der Waals surface area contributed by atoms with Gasteiger partial charge in [0.2, 0.25) is 0 Å². The van der Waals surface area contributed by atoms with Gasteiger partial charge in [0.15, 0.2) is 0 Å². The van der Waals surface area contributed by atoms with Gasteiger partial charge in [-0.15, -0.1) is 0 Å². The van der Waals surface area contributed by atoms with Crippen LogP contribution in [0.25, 0.3) is 5.57 Å². The molecular formula is C18H12Cl2N2O. The number of benzene rings is 2. The number of hydrogen-bond acceptors (Lipinski definition) is 2. The lowest BCUT2D eigenvalue weighted by atomic mass is 9.92. The summed E-state index contributed by atoms with van der Waals surface area (Å²) in [6.07, 6.45) is 0. The second-order valence-corrected chi connectivity index (χ2v) is 6.34. The van der Waals surface area contributed by atoms with Crippen molar-refractivity contribution in [3.05, 3.63) is 74.8 Å². The largest absolute Gasteiger partial charge is 0.348 e. The van der Waals surface area contributed by atoms with Gasteiger partial charge in [-0.1, -0.05) is 47.5 Å². The molecular weight excluding hydrogens is 331 g/mol. The number of rotatable bonds is 1. The molecule has 0 fully saturated rings. The number of amides is 1. The first kappa shape index (κ1) is 14.5. The molecule has 3 nitrogen and oxygen atoms in total. The second-order valence-electron chi connectivity index (χ2n) is 5.50. The number of hydrogen-bond donors (Lipinski definition) is 1. The van der Waals surface area contributed by atoms with Crippen molar-refractivity contribution in [3.63, 3.8) is 0 Å². The van der Waals surface area contributed by atoms with E-state index in [1.165, 1.54) is 0 Å². The first-order valence-corrected chi connectivity index (χ1v) is 8.00. The summed E-state index contributed by atoms with van der Waals surface area (Å²) < 4.78 is 0. The van der Waals surface area contributed by atoms with Crippen molar-refractivity contribution >= 4 is 40.4 Å². The van der Waals surface area contributed by atoms with Gasteiger partial charge in [0, 0.05) is 27.7 Å². The summed E-state index contributed by atoms with van der Waals surface area (Å²) in [7, 11) is 0. The first-order valence-electron chi connectivity index (χ1n) is 7.25. The highest BCUT2D eigenvalue weighted by Gasteiger charge is 2.29. The summed E-state index contributed by atoms with van der Waals surface area (Å²) in [6, 6.07) is 13.1. The van der Waals surface area contributed by atoms with Crippen molar-refractivity contribution in [2.75, 3.05) is 13.1 Å². The van der Waals surface area contributed by atoms with E-state index in [4.69, 9.17) is 28.2 Å².